The van der Waals surface area contributed by atoms with Crippen LogP contribution in [0.2, 0.25) is 0 Å². The number of hydrogen-bond donors (Lipinski definition) is 2. The molecule has 2 saturated heterocycles. The van der Waals surface area contributed by atoms with Crippen LogP contribution >= 0.6 is 0 Å². The monoisotopic (exact) mass is 232 g/mol. The third kappa shape index (κ3) is 1.76. The summed E-state index contributed by atoms with van der Waals surface area (Å²) in [6, 6.07) is 3.50. The molecule has 2 atom stereocenters. The van der Waals surface area contributed by atoms with Crippen molar-refractivity contribution >= 4 is 11.7 Å². The van der Waals surface area contributed by atoms with Gasteiger partial charge >= 0.3 is 0 Å². The van der Waals surface area contributed by atoms with Crippen molar-refractivity contribution in [1.29, 1.82) is 0 Å². The Morgan fingerprint density at radius 2 is 2.12 bits per heavy atom. The third-order valence-electron chi connectivity index (χ3n) is 3.74. The van der Waals surface area contributed by atoms with E-state index in [1.54, 1.807) is 18.3 Å². The molecule has 2 fully saturated rings. The summed E-state index contributed by atoms with van der Waals surface area (Å²) in [5.41, 5.74) is 5.91. The lowest BCUT2D eigenvalue weighted by Gasteiger charge is -2.20. The Kier molecular flexibility index (Phi) is 2.48. The summed E-state index contributed by atoms with van der Waals surface area (Å²) >= 11 is 0. The molecule has 1 aromatic heterocycles. The van der Waals surface area contributed by atoms with Gasteiger partial charge in [0.2, 0.25) is 0 Å². The zero-order chi connectivity index (χ0) is 11.8. The van der Waals surface area contributed by atoms with Crippen molar-refractivity contribution in [2.45, 2.75) is 0 Å². The number of carbonyl (C=O) groups is 1. The minimum absolute atomic E-state index is 0.400. The maximum Gasteiger partial charge on any atom is 0.252 e. The highest BCUT2D eigenvalue weighted by molar-refractivity contribution is 5.97. The van der Waals surface area contributed by atoms with Crippen LogP contribution in [0.15, 0.2) is 18.3 Å². The summed E-state index contributed by atoms with van der Waals surface area (Å²) in [6.45, 7) is 4.07. The molecule has 3 N–H and O–H groups in total. The number of aromatic nitrogens is 1. The minimum atomic E-state index is -0.400. The van der Waals surface area contributed by atoms with Gasteiger partial charge in [-0.1, -0.05) is 0 Å². The van der Waals surface area contributed by atoms with Gasteiger partial charge in [-0.15, -0.1) is 0 Å². The van der Waals surface area contributed by atoms with E-state index in [1.807, 2.05) is 0 Å². The van der Waals surface area contributed by atoms with Crippen LogP contribution in [0.1, 0.15) is 10.4 Å². The van der Waals surface area contributed by atoms with Gasteiger partial charge in [0.15, 0.2) is 0 Å². The van der Waals surface area contributed by atoms with Gasteiger partial charge in [0, 0.05) is 32.4 Å². The van der Waals surface area contributed by atoms with Gasteiger partial charge in [-0.2, -0.15) is 0 Å². The van der Waals surface area contributed by atoms with Gasteiger partial charge in [0.05, 0.1) is 5.56 Å². The van der Waals surface area contributed by atoms with Gasteiger partial charge < -0.3 is 16.0 Å². The molecule has 0 spiro atoms. The van der Waals surface area contributed by atoms with Crippen LogP contribution in [0, 0.1) is 11.8 Å². The fourth-order valence-corrected chi connectivity index (χ4v) is 2.87. The molecule has 5 heteroatoms. The molecule has 0 aliphatic carbocycles. The zero-order valence-corrected chi connectivity index (χ0v) is 9.60. The van der Waals surface area contributed by atoms with Crippen LogP contribution in [-0.4, -0.2) is 37.1 Å². The normalized spacial score (nSPS) is 27.2. The number of fused-ring (bicyclic) bond motifs is 1. The highest BCUT2D eigenvalue weighted by Gasteiger charge is 2.37. The van der Waals surface area contributed by atoms with Gasteiger partial charge in [0.1, 0.15) is 5.82 Å². The predicted molar refractivity (Wildman–Crippen MR) is 64.8 cm³/mol. The molecule has 3 rings (SSSR count). The first-order valence-corrected chi connectivity index (χ1v) is 5.96. The lowest BCUT2D eigenvalue weighted by molar-refractivity contribution is 0.100. The molecular formula is C12H16N4O. The minimum Gasteiger partial charge on any atom is -0.365 e. The van der Waals surface area contributed by atoms with Crippen LogP contribution in [0.4, 0.5) is 5.82 Å². The van der Waals surface area contributed by atoms with Crippen molar-refractivity contribution in [1.82, 2.24) is 10.3 Å². The second-order valence-corrected chi connectivity index (χ2v) is 4.82. The van der Waals surface area contributed by atoms with E-state index >= 15 is 0 Å². The maximum absolute atomic E-state index is 11.4. The van der Waals surface area contributed by atoms with Crippen molar-refractivity contribution in [3.63, 3.8) is 0 Å². The third-order valence-corrected chi connectivity index (χ3v) is 3.74. The van der Waals surface area contributed by atoms with Crippen LogP contribution < -0.4 is 16.0 Å². The topological polar surface area (TPSA) is 71.2 Å². The number of primary amides is 1. The molecular weight excluding hydrogens is 216 g/mol. The SMILES string of the molecule is NC(=O)c1cccnc1N1C[C@H]2CNC[C@H]2C1. The highest BCUT2D eigenvalue weighted by atomic mass is 16.1. The quantitative estimate of drug-likeness (QED) is 0.743. The molecule has 90 valence electrons. The molecule has 0 radical (unpaired) electrons. The molecule has 1 amide bonds. The molecule has 0 unspecified atom stereocenters. The van der Waals surface area contributed by atoms with E-state index in [0.29, 0.717) is 17.4 Å². The Morgan fingerprint density at radius 3 is 2.76 bits per heavy atom. The van der Waals surface area contributed by atoms with E-state index in [2.05, 4.69) is 15.2 Å². The van der Waals surface area contributed by atoms with E-state index in [0.717, 1.165) is 32.0 Å². The standard InChI is InChI=1S/C12H16N4O/c13-11(17)10-2-1-3-15-12(10)16-6-8-4-14-5-9(8)7-16/h1-3,8-9,14H,4-7H2,(H2,13,17)/t8-,9+. The van der Waals surface area contributed by atoms with Crippen LogP contribution in [0.25, 0.3) is 0 Å². The van der Waals surface area contributed by atoms with Crippen molar-refractivity contribution < 1.29 is 4.79 Å². The molecule has 2 aliphatic heterocycles. The fraction of sp³-hybridized carbons (Fsp3) is 0.500. The lowest BCUT2D eigenvalue weighted by Crippen LogP contribution is -2.28. The Bertz CT molecular complexity index is 436. The van der Waals surface area contributed by atoms with E-state index in [1.165, 1.54) is 0 Å². The van der Waals surface area contributed by atoms with Gasteiger partial charge in [0.25, 0.3) is 5.91 Å². The fourth-order valence-electron chi connectivity index (χ4n) is 2.87. The second-order valence-electron chi connectivity index (χ2n) is 4.82. The predicted octanol–water partition coefficient (Wildman–Crippen LogP) is -0.164. The van der Waals surface area contributed by atoms with Crippen LogP contribution in [0.3, 0.4) is 0 Å². The molecule has 0 aromatic carbocycles. The number of rotatable bonds is 2. The lowest BCUT2D eigenvalue weighted by atomic mass is 10.0. The maximum atomic E-state index is 11.4. The Labute approximate surface area is 100 Å². The summed E-state index contributed by atoms with van der Waals surface area (Å²) in [6.07, 6.45) is 1.72. The molecule has 17 heavy (non-hydrogen) atoms. The molecule has 1 aromatic rings. The Hall–Kier alpha value is -1.62. The second kappa shape index (κ2) is 4.00. The first-order chi connectivity index (χ1) is 8.25. The number of pyridine rings is 1. The molecule has 0 saturated carbocycles. The summed E-state index contributed by atoms with van der Waals surface area (Å²) in [5.74, 6) is 1.70. The zero-order valence-electron chi connectivity index (χ0n) is 9.60. The largest absolute Gasteiger partial charge is 0.365 e. The summed E-state index contributed by atoms with van der Waals surface area (Å²) < 4.78 is 0. The van der Waals surface area contributed by atoms with Crippen molar-refractivity contribution in [2.24, 2.45) is 17.6 Å². The summed E-state index contributed by atoms with van der Waals surface area (Å²) in [7, 11) is 0. The molecule has 5 nitrogen and oxygen atoms in total. The summed E-state index contributed by atoms with van der Waals surface area (Å²) in [5, 5.41) is 3.39. The van der Waals surface area contributed by atoms with E-state index in [9.17, 15) is 4.79 Å². The first kappa shape index (κ1) is 10.5. The van der Waals surface area contributed by atoms with Gasteiger partial charge in [-0.3, -0.25) is 4.79 Å². The molecule has 0 bridgehead atoms. The van der Waals surface area contributed by atoms with Crippen molar-refractivity contribution in [3.8, 4) is 0 Å². The average Bonchev–Trinajstić information content (AvgIpc) is 2.88. The van der Waals surface area contributed by atoms with Crippen molar-refractivity contribution in [3.05, 3.63) is 23.9 Å². The number of hydrogen-bond acceptors (Lipinski definition) is 4. The van der Waals surface area contributed by atoms with Crippen LogP contribution in [-0.2, 0) is 0 Å². The van der Waals surface area contributed by atoms with Crippen molar-refractivity contribution in [2.75, 3.05) is 31.1 Å². The summed E-state index contributed by atoms with van der Waals surface area (Å²) in [4.78, 5) is 17.9. The number of nitrogens with one attached hydrogen (secondary N) is 1. The number of carbonyl (C=O) groups excluding carboxylic acids is 1. The average molecular weight is 232 g/mol. The smallest absolute Gasteiger partial charge is 0.252 e. The number of anilines is 1. The number of nitrogens with zero attached hydrogens (tertiary/aromatic N) is 2. The Morgan fingerprint density at radius 1 is 1.41 bits per heavy atom. The molecule has 2 aliphatic rings. The highest BCUT2D eigenvalue weighted by Crippen LogP contribution is 2.30. The van der Waals surface area contributed by atoms with Crippen LogP contribution in [0.5, 0.6) is 0 Å². The van der Waals surface area contributed by atoms with Gasteiger partial charge in [-0.05, 0) is 24.0 Å². The van der Waals surface area contributed by atoms with E-state index < -0.39 is 5.91 Å². The first-order valence-electron chi connectivity index (χ1n) is 5.96. The molecule has 3 heterocycles. The van der Waals surface area contributed by atoms with E-state index in [4.69, 9.17) is 5.73 Å². The number of amides is 1. The van der Waals surface area contributed by atoms with Gasteiger partial charge in [-0.25, -0.2) is 4.98 Å². The Balaban J connectivity index is 1.88. The van der Waals surface area contributed by atoms with E-state index in [-0.39, 0.29) is 0 Å². The number of nitrogens with two attached hydrogens (primary N) is 1.